The van der Waals surface area contributed by atoms with Crippen LogP contribution in [-0.2, 0) is 0 Å². The maximum Gasteiger partial charge on any atom is 0.00694 e. The lowest BCUT2D eigenvalue weighted by Crippen LogP contribution is -2.40. The summed E-state index contributed by atoms with van der Waals surface area (Å²) in [6.45, 7) is 4.77. The molecule has 0 aromatic carbocycles. The van der Waals surface area contributed by atoms with E-state index in [1.807, 2.05) is 0 Å². The second kappa shape index (κ2) is 5.34. The van der Waals surface area contributed by atoms with Crippen LogP contribution in [0.3, 0.4) is 0 Å². The third-order valence-corrected chi connectivity index (χ3v) is 4.29. The van der Waals surface area contributed by atoms with Crippen molar-refractivity contribution in [1.82, 2.24) is 5.32 Å². The maximum absolute atomic E-state index is 3.82. The fourth-order valence-electron chi connectivity index (χ4n) is 3.14. The van der Waals surface area contributed by atoms with Gasteiger partial charge in [-0.15, -0.1) is 0 Å². The van der Waals surface area contributed by atoms with Gasteiger partial charge in [-0.2, -0.15) is 0 Å². The molecule has 2 aliphatic carbocycles. The van der Waals surface area contributed by atoms with Crippen LogP contribution in [0, 0.1) is 11.8 Å². The molecule has 0 bridgehead atoms. The molecule has 2 aliphatic rings. The number of rotatable bonds is 5. The second-order valence-electron chi connectivity index (χ2n) is 5.93. The van der Waals surface area contributed by atoms with Crippen molar-refractivity contribution in [2.45, 2.75) is 77.3 Å². The third-order valence-electron chi connectivity index (χ3n) is 4.29. The van der Waals surface area contributed by atoms with Gasteiger partial charge in [0, 0.05) is 12.1 Å². The molecule has 15 heavy (non-hydrogen) atoms. The average Bonchev–Trinajstić information content (AvgIpc) is 3.03. The summed E-state index contributed by atoms with van der Waals surface area (Å²) in [5.41, 5.74) is 0. The van der Waals surface area contributed by atoms with Crippen molar-refractivity contribution in [2.75, 3.05) is 0 Å². The summed E-state index contributed by atoms with van der Waals surface area (Å²) in [7, 11) is 0. The van der Waals surface area contributed by atoms with Crippen molar-refractivity contribution < 1.29 is 0 Å². The molecule has 2 atom stereocenters. The predicted octanol–water partition coefficient (Wildman–Crippen LogP) is 3.73. The van der Waals surface area contributed by atoms with E-state index in [4.69, 9.17) is 0 Å². The molecule has 1 unspecified atom stereocenters. The van der Waals surface area contributed by atoms with Crippen molar-refractivity contribution in [3.63, 3.8) is 0 Å². The standard InChI is InChI=1S/C14H27N/c1-11(10-13-8-9-13)15-12(2)14-6-4-3-5-7-14/h11-15H,3-10H2,1-2H3/t11?,12-/m1/s1. The maximum atomic E-state index is 3.82. The topological polar surface area (TPSA) is 12.0 Å². The lowest BCUT2D eigenvalue weighted by Gasteiger charge is -2.30. The Labute approximate surface area is 95.0 Å². The van der Waals surface area contributed by atoms with Gasteiger partial charge in [-0.1, -0.05) is 32.1 Å². The first kappa shape index (κ1) is 11.4. The van der Waals surface area contributed by atoms with Gasteiger partial charge < -0.3 is 5.32 Å². The summed E-state index contributed by atoms with van der Waals surface area (Å²) in [4.78, 5) is 0. The summed E-state index contributed by atoms with van der Waals surface area (Å²) in [6.07, 6.45) is 11.7. The van der Waals surface area contributed by atoms with Crippen LogP contribution in [0.5, 0.6) is 0 Å². The van der Waals surface area contributed by atoms with Gasteiger partial charge >= 0.3 is 0 Å². The van der Waals surface area contributed by atoms with E-state index in [0.29, 0.717) is 0 Å². The first-order valence-electron chi connectivity index (χ1n) is 7.01. The molecule has 1 heteroatoms. The Kier molecular flexibility index (Phi) is 4.07. The zero-order valence-corrected chi connectivity index (χ0v) is 10.5. The highest BCUT2D eigenvalue weighted by molar-refractivity contribution is 4.82. The van der Waals surface area contributed by atoms with E-state index in [2.05, 4.69) is 19.2 Å². The van der Waals surface area contributed by atoms with E-state index in [0.717, 1.165) is 23.9 Å². The van der Waals surface area contributed by atoms with Gasteiger partial charge in [0.2, 0.25) is 0 Å². The molecule has 0 heterocycles. The number of hydrogen-bond acceptors (Lipinski definition) is 1. The van der Waals surface area contributed by atoms with E-state index in [-0.39, 0.29) is 0 Å². The molecular formula is C14H27N. The van der Waals surface area contributed by atoms with Crippen LogP contribution >= 0.6 is 0 Å². The van der Waals surface area contributed by atoms with E-state index < -0.39 is 0 Å². The smallest absolute Gasteiger partial charge is 0.00694 e. The van der Waals surface area contributed by atoms with Gasteiger partial charge in [-0.05, 0) is 44.9 Å². The Morgan fingerprint density at radius 2 is 1.67 bits per heavy atom. The van der Waals surface area contributed by atoms with Crippen LogP contribution in [-0.4, -0.2) is 12.1 Å². The van der Waals surface area contributed by atoms with Gasteiger partial charge in [0.1, 0.15) is 0 Å². The average molecular weight is 209 g/mol. The van der Waals surface area contributed by atoms with Crippen LogP contribution in [0.25, 0.3) is 0 Å². The summed E-state index contributed by atoms with van der Waals surface area (Å²) < 4.78 is 0. The minimum Gasteiger partial charge on any atom is -0.311 e. The molecular weight excluding hydrogens is 182 g/mol. The molecule has 0 spiro atoms. The minimum absolute atomic E-state index is 0.745. The zero-order valence-electron chi connectivity index (χ0n) is 10.5. The molecule has 0 aromatic rings. The van der Waals surface area contributed by atoms with E-state index >= 15 is 0 Å². The number of nitrogens with one attached hydrogen (secondary N) is 1. The van der Waals surface area contributed by atoms with Gasteiger partial charge in [-0.3, -0.25) is 0 Å². The molecule has 0 saturated heterocycles. The SMILES string of the molecule is CC(CC1CC1)N[C@H](C)C1CCCCC1. The lowest BCUT2D eigenvalue weighted by atomic mass is 9.84. The fraction of sp³-hybridized carbons (Fsp3) is 1.00. The van der Waals surface area contributed by atoms with Crippen LogP contribution in [0.15, 0.2) is 0 Å². The Morgan fingerprint density at radius 1 is 1.00 bits per heavy atom. The van der Waals surface area contributed by atoms with Gasteiger partial charge in [0.05, 0.1) is 0 Å². The highest BCUT2D eigenvalue weighted by Crippen LogP contribution is 2.34. The van der Waals surface area contributed by atoms with Gasteiger partial charge in [0.25, 0.3) is 0 Å². The Balaban J connectivity index is 1.66. The largest absolute Gasteiger partial charge is 0.311 e. The summed E-state index contributed by atoms with van der Waals surface area (Å²) in [5, 5.41) is 3.82. The van der Waals surface area contributed by atoms with Crippen LogP contribution < -0.4 is 5.32 Å². The Hall–Kier alpha value is -0.0400. The van der Waals surface area contributed by atoms with Gasteiger partial charge in [-0.25, -0.2) is 0 Å². The highest BCUT2D eigenvalue weighted by atomic mass is 14.9. The highest BCUT2D eigenvalue weighted by Gasteiger charge is 2.26. The molecule has 1 N–H and O–H groups in total. The summed E-state index contributed by atoms with van der Waals surface area (Å²) in [5.74, 6) is 2.02. The van der Waals surface area contributed by atoms with Crippen molar-refractivity contribution in [1.29, 1.82) is 0 Å². The normalized spacial score (nSPS) is 27.6. The first-order chi connectivity index (χ1) is 7.25. The molecule has 0 radical (unpaired) electrons. The van der Waals surface area contributed by atoms with Gasteiger partial charge in [0.15, 0.2) is 0 Å². The van der Waals surface area contributed by atoms with Crippen molar-refractivity contribution in [3.8, 4) is 0 Å². The van der Waals surface area contributed by atoms with Crippen LogP contribution in [0.4, 0.5) is 0 Å². The van der Waals surface area contributed by atoms with E-state index in [9.17, 15) is 0 Å². The van der Waals surface area contributed by atoms with E-state index in [1.165, 1.54) is 51.4 Å². The van der Waals surface area contributed by atoms with Crippen LogP contribution in [0.2, 0.25) is 0 Å². The Bertz CT molecular complexity index is 180. The van der Waals surface area contributed by atoms with Crippen LogP contribution in [0.1, 0.15) is 65.2 Å². The summed E-state index contributed by atoms with van der Waals surface area (Å²) in [6, 6.07) is 1.49. The second-order valence-corrected chi connectivity index (χ2v) is 5.93. The minimum atomic E-state index is 0.745. The zero-order chi connectivity index (χ0) is 10.7. The lowest BCUT2D eigenvalue weighted by molar-refractivity contribution is 0.262. The van der Waals surface area contributed by atoms with E-state index in [1.54, 1.807) is 0 Å². The molecule has 1 nitrogen and oxygen atoms in total. The Morgan fingerprint density at radius 3 is 2.27 bits per heavy atom. The first-order valence-corrected chi connectivity index (χ1v) is 7.01. The van der Waals surface area contributed by atoms with Crippen molar-refractivity contribution in [2.24, 2.45) is 11.8 Å². The van der Waals surface area contributed by atoms with Crippen molar-refractivity contribution >= 4 is 0 Å². The molecule has 0 amide bonds. The monoisotopic (exact) mass is 209 g/mol. The molecule has 2 rings (SSSR count). The predicted molar refractivity (Wildman–Crippen MR) is 66.0 cm³/mol. The fourth-order valence-corrected chi connectivity index (χ4v) is 3.14. The molecule has 2 fully saturated rings. The molecule has 2 saturated carbocycles. The molecule has 0 aliphatic heterocycles. The summed E-state index contributed by atoms with van der Waals surface area (Å²) >= 11 is 0. The molecule has 88 valence electrons. The molecule has 0 aromatic heterocycles. The third kappa shape index (κ3) is 3.79. The van der Waals surface area contributed by atoms with Crippen molar-refractivity contribution in [3.05, 3.63) is 0 Å². The number of hydrogen-bond donors (Lipinski definition) is 1. The quantitative estimate of drug-likeness (QED) is 0.727.